The Morgan fingerprint density at radius 1 is 1.45 bits per heavy atom. The van der Waals surface area contributed by atoms with Crippen molar-refractivity contribution in [2.75, 3.05) is 7.05 Å². The summed E-state index contributed by atoms with van der Waals surface area (Å²) in [6.45, 7) is 3.00. The van der Waals surface area contributed by atoms with E-state index in [0.29, 0.717) is 0 Å². The summed E-state index contributed by atoms with van der Waals surface area (Å²) in [6.07, 6.45) is 3.57. The summed E-state index contributed by atoms with van der Waals surface area (Å²) in [6, 6.07) is 6.84. The fourth-order valence-corrected chi connectivity index (χ4v) is 2.92. The summed E-state index contributed by atoms with van der Waals surface area (Å²) in [5.74, 6) is -0.196. The second-order valence-electron chi connectivity index (χ2n) is 4.78. The summed E-state index contributed by atoms with van der Waals surface area (Å²) < 4.78 is 16.3. The molecule has 0 aliphatic heterocycles. The van der Waals surface area contributed by atoms with Gasteiger partial charge in [0, 0.05) is 6.54 Å². The number of benzene rings is 1. The van der Waals surface area contributed by atoms with Crippen LogP contribution in [0, 0.1) is 5.82 Å². The van der Waals surface area contributed by atoms with E-state index >= 15 is 0 Å². The lowest BCUT2D eigenvalue weighted by atomic mass is 10.0. The standard InChI is InChI=1S/C15H19BrFN3/c1-3-7-20-15(13(16)10-19-20)14(18-2)9-11-5-4-6-12(17)8-11/h4-6,8,10,14,18H,3,7,9H2,1-2H3. The number of nitrogens with one attached hydrogen (secondary N) is 1. The maximum atomic E-state index is 13.3. The molecule has 0 fully saturated rings. The first-order valence-electron chi connectivity index (χ1n) is 6.78. The van der Waals surface area contributed by atoms with Crippen molar-refractivity contribution >= 4 is 15.9 Å². The second kappa shape index (κ2) is 6.99. The molecular weight excluding hydrogens is 321 g/mol. The SMILES string of the molecule is CCCn1ncc(Br)c1C(Cc1cccc(F)c1)NC. The predicted molar refractivity (Wildman–Crippen MR) is 82.1 cm³/mol. The zero-order valence-electron chi connectivity index (χ0n) is 11.7. The lowest BCUT2D eigenvalue weighted by molar-refractivity contribution is 0.494. The number of halogens is 2. The first-order valence-corrected chi connectivity index (χ1v) is 7.58. The third-order valence-electron chi connectivity index (χ3n) is 3.28. The molecule has 0 spiro atoms. The number of likely N-dealkylation sites (N-methyl/N-ethyl adjacent to an activating group) is 1. The molecule has 20 heavy (non-hydrogen) atoms. The van der Waals surface area contributed by atoms with E-state index in [2.05, 4.69) is 33.3 Å². The van der Waals surface area contributed by atoms with Crippen LogP contribution in [0.5, 0.6) is 0 Å². The van der Waals surface area contributed by atoms with E-state index in [4.69, 9.17) is 0 Å². The average Bonchev–Trinajstić information content (AvgIpc) is 2.78. The minimum Gasteiger partial charge on any atom is -0.311 e. The maximum Gasteiger partial charge on any atom is 0.123 e. The van der Waals surface area contributed by atoms with Gasteiger partial charge in [0.15, 0.2) is 0 Å². The summed E-state index contributed by atoms with van der Waals surface area (Å²) in [5.41, 5.74) is 2.08. The number of hydrogen-bond donors (Lipinski definition) is 1. The van der Waals surface area contributed by atoms with Crippen LogP contribution in [0.15, 0.2) is 34.9 Å². The number of aryl methyl sites for hydroxylation is 1. The topological polar surface area (TPSA) is 29.9 Å². The zero-order chi connectivity index (χ0) is 14.5. The number of nitrogens with zero attached hydrogens (tertiary/aromatic N) is 2. The molecule has 0 amide bonds. The van der Waals surface area contributed by atoms with Gasteiger partial charge in [-0.15, -0.1) is 0 Å². The molecule has 0 bridgehead atoms. The minimum atomic E-state index is -0.196. The monoisotopic (exact) mass is 339 g/mol. The van der Waals surface area contributed by atoms with Gasteiger partial charge in [-0.2, -0.15) is 5.10 Å². The fraction of sp³-hybridized carbons (Fsp3) is 0.400. The van der Waals surface area contributed by atoms with Crippen molar-refractivity contribution in [3.8, 4) is 0 Å². The van der Waals surface area contributed by atoms with Gasteiger partial charge in [0.25, 0.3) is 0 Å². The van der Waals surface area contributed by atoms with E-state index < -0.39 is 0 Å². The van der Waals surface area contributed by atoms with E-state index in [0.717, 1.165) is 35.1 Å². The van der Waals surface area contributed by atoms with E-state index in [1.54, 1.807) is 12.1 Å². The normalized spacial score (nSPS) is 12.6. The van der Waals surface area contributed by atoms with E-state index in [9.17, 15) is 4.39 Å². The minimum absolute atomic E-state index is 0.0974. The quantitative estimate of drug-likeness (QED) is 0.869. The van der Waals surface area contributed by atoms with Crippen LogP contribution < -0.4 is 5.32 Å². The van der Waals surface area contributed by atoms with Gasteiger partial charge in [-0.1, -0.05) is 19.1 Å². The maximum absolute atomic E-state index is 13.3. The average molecular weight is 340 g/mol. The van der Waals surface area contributed by atoms with Crippen LogP contribution in [0.25, 0.3) is 0 Å². The highest BCUT2D eigenvalue weighted by molar-refractivity contribution is 9.10. The van der Waals surface area contributed by atoms with Crippen molar-refractivity contribution in [1.29, 1.82) is 0 Å². The molecule has 1 aromatic carbocycles. The molecule has 1 N–H and O–H groups in total. The fourth-order valence-electron chi connectivity index (χ4n) is 2.34. The lowest BCUT2D eigenvalue weighted by Gasteiger charge is -2.19. The van der Waals surface area contributed by atoms with Gasteiger partial charge in [-0.05, 0) is 53.5 Å². The molecule has 2 aromatic rings. The van der Waals surface area contributed by atoms with Crippen molar-refractivity contribution in [3.63, 3.8) is 0 Å². The smallest absolute Gasteiger partial charge is 0.123 e. The zero-order valence-corrected chi connectivity index (χ0v) is 13.3. The highest BCUT2D eigenvalue weighted by Gasteiger charge is 2.19. The largest absolute Gasteiger partial charge is 0.311 e. The highest BCUT2D eigenvalue weighted by Crippen LogP contribution is 2.26. The van der Waals surface area contributed by atoms with E-state index in [-0.39, 0.29) is 11.9 Å². The molecule has 3 nitrogen and oxygen atoms in total. The number of hydrogen-bond acceptors (Lipinski definition) is 2. The molecule has 1 aromatic heterocycles. The Balaban J connectivity index is 2.26. The van der Waals surface area contributed by atoms with Gasteiger partial charge in [0.05, 0.1) is 22.4 Å². The number of rotatable bonds is 6. The second-order valence-corrected chi connectivity index (χ2v) is 5.63. The summed E-state index contributed by atoms with van der Waals surface area (Å²) in [7, 11) is 1.92. The Kier molecular flexibility index (Phi) is 5.31. The van der Waals surface area contributed by atoms with Gasteiger partial charge < -0.3 is 5.32 Å². The number of aromatic nitrogens is 2. The molecule has 5 heteroatoms. The summed E-state index contributed by atoms with van der Waals surface area (Å²) in [5, 5.41) is 7.69. The van der Waals surface area contributed by atoms with Crippen LogP contribution >= 0.6 is 15.9 Å². The van der Waals surface area contributed by atoms with Gasteiger partial charge in [0.2, 0.25) is 0 Å². The first-order chi connectivity index (χ1) is 9.65. The molecular formula is C15H19BrFN3. The van der Waals surface area contributed by atoms with Crippen LogP contribution in [0.4, 0.5) is 4.39 Å². The van der Waals surface area contributed by atoms with Crippen LogP contribution in [-0.2, 0) is 13.0 Å². The molecule has 108 valence electrons. The molecule has 0 aliphatic rings. The summed E-state index contributed by atoms with van der Waals surface area (Å²) in [4.78, 5) is 0. The third-order valence-corrected chi connectivity index (χ3v) is 3.89. The Morgan fingerprint density at radius 2 is 2.25 bits per heavy atom. The summed E-state index contributed by atoms with van der Waals surface area (Å²) >= 11 is 3.56. The molecule has 0 aliphatic carbocycles. The van der Waals surface area contributed by atoms with Gasteiger partial charge in [-0.3, -0.25) is 4.68 Å². The van der Waals surface area contributed by atoms with E-state index in [1.165, 1.54) is 6.07 Å². The molecule has 0 saturated carbocycles. The third kappa shape index (κ3) is 3.46. The van der Waals surface area contributed by atoms with Gasteiger partial charge >= 0.3 is 0 Å². The predicted octanol–water partition coefficient (Wildman–Crippen LogP) is 3.70. The Hall–Kier alpha value is -1.20. The molecule has 0 saturated heterocycles. The lowest BCUT2D eigenvalue weighted by Crippen LogP contribution is -2.23. The van der Waals surface area contributed by atoms with Crippen molar-refractivity contribution in [3.05, 3.63) is 52.0 Å². The van der Waals surface area contributed by atoms with Crippen molar-refractivity contribution in [2.45, 2.75) is 32.4 Å². The van der Waals surface area contributed by atoms with Crippen molar-refractivity contribution in [1.82, 2.24) is 15.1 Å². The van der Waals surface area contributed by atoms with Crippen molar-refractivity contribution < 1.29 is 4.39 Å². The molecule has 1 atom stereocenters. The molecule has 1 unspecified atom stereocenters. The van der Waals surface area contributed by atoms with Crippen molar-refractivity contribution in [2.24, 2.45) is 0 Å². The van der Waals surface area contributed by atoms with Crippen LogP contribution in [0.1, 0.15) is 30.6 Å². The highest BCUT2D eigenvalue weighted by atomic mass is 79.9. The van der Waals surface area contributed by atoms with Gasteiger partial charge in [0.1, 0.15) is 5.82 Å². The van der Waals surface area contributed by atoms with E-state index in [1.807, 2.05) is 24.0 Å². The molecule has 0 radical (unpaired) electrons. The van der Waals surface area contributed by atoms with Gasteiger partial charge in [-0.25, -0.2) is 4.39 Å². The Labute approximate surface area is 127 Å². The molecule has 1 heterocycles. The first kappa shape index (κ1) is 15.2. The molecule has 2 rings (SSSR count). The van der Waals surface area contributed by atoms with Crippen LogP contribution in [0.2, 0.25) is 0 Å². The van der Waals surface area contributed by atoms with Crippen LogP contribution in [0.3, 0.4) is 0 Å². The van der Waals surface area contributed by atoms with Crippen LogP contribution in [-0.4, -0.2) is 16.8 Å². The Bertz CT molecular complexity index is 568. The Morgan fingerprint density at radius 3 is 2.90 bits per heavy atom.